The molecule has 2 aliphatic rings. The number of hydrogen-bond donors (Lipinski definition) is 1. The van der Waals surface area contributed by atoms with E-state index in [0.717, 1.165) is 24.2 Å². The van der Waals surface area contributed by atoms with E-state index < -0.39 is 0 Å². The van der Waals surface area contributed by atoms with E-state index in [1.165, 1.54) is 25.1 Å². The molecule has 1 N–H and O–H groups in total. The second-order valence-corrected chi connectivity index (χ2v) is 4.72. The zero-order valence-corrected chi connectivity index (χ0v) is 10.6. The topological polar surface area (TPSA) is 49.3 Å². The van der Waals surface area contributed by atoms with Gasteiger partial charge in [-0.2, -0.15) is 0 Å². The summed E-state index contributed by atoms with van der Waals surface area (Å²) in [4.78, 5) is 11.1. The minimum atomic E-state index is 0.250. The van der Waals surface area contributed by atoms with Crippen molar-refractivity contribution in [2.75, 3.05) is 24.6 Å². The zero-order valence-electron chi connectivity index (χ0n) is 10.6. The largest absolute Gasteiger partial charge is 0.397 e. The van der Waals surface area contributed by atoms with Gasteiger partial charge in [-0.05, 0) is 37.2 Å². The number of aromatic nitrogens is 2. The summed E-state index contributed by atoms with van der Waals surface area (Å²) in [7, 11) is 0. The predicted octanol–water partition coefficient (Wildman–Crippen LogP) is 1.49. The van der Waals surface area contributed by atoms with Gasteiger partial charge in [0.05, 0.1) is 0 Å². The second-order valence-electron chi connectivity index (χ2n) is 4.72. The summed E-state index contributed by atoms with van der Waals surface area (Å²) in [5.74, 6) is 2.82. The molecular formula is C13H21N3O. The molecule has 17 heavy (non-hydrogen) atoms. The van der Waals surface area contributed by atoms with Crippen molar-refractivity contribution in [3.63, 3.8) is 0 Å². The van der Waals surface area contributed by atoms with Crippen LogP contribution in [-0.2, 0) is 6.42 Å². The van der Waals surface area contributed by atoms with Crippen LogP contribution in [-0.4, -0.2) is 34.8 Å². The number of rotatable bonds is 2. The molecule has 2 unspecified atom stereocenters. The molecule has 0 aromatic carbocycles. The predicted molar refractivity (Wildman–Crippen MR) is 68.0 cm³/mol. The highest BCUT2D eigenvalue weighted by Crippen LogP contribution is 2.45. The lowest BCUT2D eigenvalue weighted by atomic mass is 10.3. The number of aliphatic hydroxyl groups is 1. The van der Waals surface area contributed by atoms with Crippen molar-refractivity contribution in [3.8, 4) is 0 Å². The quantitative estimate of drug-likeness (QED) is 0.844. The number of nitrogens with zero attached hydrogens (tertiary/aromatic N) is 3. The Bertz CT molecular complexity index is 342. The van der Waals surface area contributed by atoms with E-state index in [1.54, 1.807) is 6.92 Å². The number of aliphatic hydroxyl groups excluding tert-OH is 1. The van der Waals surface area contributed by atoms with Gasteiger partial charge in [-0.15, -0.1) is 0 Å². The van der Waals surface area contributed by atoms with E-state index in [1.807, 2.05) is 12.4 Å². The SMILES string of the molecule is CCO.CCc1cnc(N2CC3CC3C2)nc1. The van der Waals surface area contributed by atoms with Crippen LogP contribution in [0.5, 0.6) is 0 Å². The van der Waals surface area contributed by atoms with Crippen LogP contribution >= 0.6 is 0 Å². The molecule has 4 heteroatoms. The van der Waals surface area contributed by atoms with Gasteiger partial charge in [-0.25, -0.2) is 9.97 Å². The maximum atomic E-state index is 7.57. The van der Waals surface area contributed by atoms with Crippen LogP contribution < -0.4 is 4.90 Å². The molecule has 1 saturated carbocycles. The third-order valence-electron chi connectivity index (χ3n) is 3.36. The van der Waals surface area contributed by atoms with Gasteiger partial charge >= 0.3 is 0 Å². The Kier molecular flexibility index (Phi) is 3.94. The molecule has 4 nitrogen and oxygen atoms in total. The lowest BCUT2D eigenvalue weighted by Crippen LogP contribution is -2.23. The van der Waals surface area contributed by atoms with Crippen LogP contribution in [0.15, 0.2) is 12.4 Å². The zero-order chi connectivity index (χ0) is 12.3. The summed E-state index contributed by atoms with van der Waals surface area (Å²) in [6, 6.07) is 0. The molecule has 0 bridgehead atoms. The van der Waals surface area contributed by atoms with Crippen LogP contribution in [0.4, 0.5) is 5.95 Å². The molecule has 3 rings (SSSR count). The summed E-state index contributed by atoms with van der Waals surface area (Å²) >= 11 is 0. The van der Waals surface area contributed by atoms with Crippen molar-refractivity contribution in [2.24, 2.45) is 11.8 Å². The van der Waals surface area contributed by atoms with Crippen LogP contribution in [0.2, 0.25) is 0 Å². The standard InChI is InChI=1S/C11H15N3.C2H6O/c1-2-8-4-12-11(13-5-8)14-6-9-3-10(9)7-14;1-2-3/h4-5,9-10H,2-3,6-7H2,1H3;3H,2H2,1H3. The highest BCUT2D eigenvalue weighted by Gasteiger charge is 2.45. The number of anilines is 1. The maximum absolute atomic E-state index is 7.57. The van der Waals surface area contributed by atoms with Gasteiger partial charge in [-0.3, -0.25) is 0 Å². The Balaban J connectivity index is 0.000000329. The van der Waals surface area contributed by atoms with Crippen molar-refractivity contribution in [1.29, 1.82) is 0 Å². The van der Waals surface area contributed by atoms with Crippen LogP contribution in [0.1, 0.15) is 25.8 Å². The Morgan fingerprint density at radius 3 is 2.24 bits per heavy atom. The van der Waals surface area contributed by atoms with E-state index in [0.29, 0.717) is 0 Å². The van der Waals surface area contributed by atoms with Crippen molar-refractivity contribution in [1.82, 2.24) is 9.97 Å². The highest BCUT2D eigenvalue weighted by atomic mass is 16.2. The van der Waals surface area contributed by atoms with Gasteiger partial charge < -0.3 is 10.0 Å². The molecule has 1 saturated heterocycles. The van der Waals surface area contributed by atoms with E-state index in [4.69, 9.17) is 5.11 Å². The minimum Gasteiger partial charge on any atom is -0.397 e. The molecular weight excluding hydrogens is 214 g/mol. The van der Waals surface area contributed by atoms with Crippen molar-refractivity contribution in [3.05, 3.63) is 18.0 Å². The first-order valence-electron chi connectivity index (χ1n) is 6.45. The summed E-state index contributed by atoms with van der Waals surface area (Å²) < 4.78 is 0. The summed E-state index contributed by atoms with van der Waals surface area (Å²) in [6.07, 6.45) is 6.35. The van der Waals surface area contributed by atoms with Crippen LogP contribution in [0.25, 0.3) is 0 Å². The Morgan fingerprint density at radius 2 is 1.76 bits per heavy atom. The maximum Gasteiger partial charge on any atom is 0.225 e. The average Bonchev–Trinajstić information content (AvgIpc) is 2.97. The third kappa shape index (κ3) is 2.94. The van der Waals surface area contributed by atoms with E-state index in [9.17, 15) is 0 Å². The molecule has 94 valence electrons. The van der Waals surface area contributed by atoms with Gasteiger partial charge in [0, 0.05) is 32.1 Å². The van der Waals surface area contributed by atoms with E-state index >= 15 is 0 Å². The fourth-order valence-electron chi connectivity index (χ4n) is 2.26. The normalized spacial score (nSPS) is 25.0. The fourth-order valence-corrected chi connectivity index (χ4v) is 2.26. The number of piperidine rings is 1. The molecule has 1 aliphatic heterocycles. The molecule has 1 aliphatic carbocycles. The highest BCUT2D eigenvalue weighted by molar-refractivity contribution is 5.34. The van der Waals surface area contributed by atoms with Crippen LogP contribution in [0, 0.1) is 11.8 Å². The smallest absolute Gasteiger partial charge is 0.225 e. The summed E-state index contributed by atoms with van der Waals surface area (Å²) in [5.41, 5.74) is 1.22. The first-order valence-corrected chi connectivity index (χ1v) is 6.45. The Labute approximate surface area is 103 Å². The van der Waals surface area contributed by atoms with Crippen molar-refractivity contribution >= 4 is 5.95 Å². The first-order chi connectivity index (χ1) is 8.28. The summed E-state index contributed by atoms with van der Waals surface area (Å²) in [6.45, 7) is 6.41. The second kappa shape index (κ2) is 5.45. The lowest BCUT2D eigenvalue weighted by Gasteiger charge is -2.17. The Morgan fingerprint density at radius 1 is 1.24 bits per heavy atom. The molecule has 1 aromatic heterocycles. The monoisotopic (exact) mass is 235 g/mol. The number of fused-ring (bicyclic) bond motifs is 1. The fraction of sp³-hybridized carbons (Fsp3) is 0.692. The van der Waals surface area contributed by atoms with Gasteiger partial charge in [0.2, 0.25) is 5.95 Å². The summed E-state index contributed by atoms with van der Waals surface area (Å²) in [5, 5.41) is 7.57. The molecule has 0 radical (unpaired) electrons. The molecule has 2 atom stereocenters. The first kappa shape index (κ1) is 12.3. The Hall–Kier alpha value is -1.16. The molecule has 2 heterocycles. The van der Waals surface area contributed by atoms with Gasteiger partial charge in [0.1, 0.15) is 0 Å². The molecule has 0 spiro atoms. The van der Waals surface area contributed by atoms with Crippen molar-refractivity contribution < 1.29 is 5.11 Å². The number of hydrogen-bond acceptors (Lipinski definition) is 4. The third-order valence-corrected chi connectivity index (χ3v) is 3.36. The molecule has 0 amide bonds. The van der Waals surface area contributed by atoms with Crippen LogP contribution in [0.3, 0.4) is 0 Å². The number of aryl methyl sites for hydroxylation is 1. The average molecular weight is 235 g/mol. The van der Waals surface area contributed by atoms with Gasteiger partial charge in [-0.1, -0.05) is 6.92 Å². The van der Waals surface area contributed by atoms with Gasteiger partial charge in [0.25, 0.3) is 0 Å². The minimum absolute atomic E-state index is 0.250. The molecule has 1 aromatic rings. The van der Waals surface area contributed by atoms with E-state index in [-0.39, 0.29) is 6.61 Å². The van der Waals surface area contributed by atoms with E-state index in [2.05, 4.69) is 21.8 Å². The van der Waals surface area contributed by atoms with Gasteiger partial charge in [0.15, 0.2) is 0 Å². The molecule has 2 fully saturated rings. The lowest BCUT2D eigenvalue weighted by molar-refractivity contribution is 0.318. The van der Waals surface area contributed by atoms with Crippen molar-refractivity contribution in [2.45, 2.75) is 26.7 Å².